The molecule has 0 saturated heterocycles. The van der Waals surface area contributed by atoms with E-state index in [1.807, 2.05) is 0 Å². The van der Waals surface area contributed by atoms with Crippen molar-refractivity contribution >= 4 is 35.2 Å². The zero-order valence-corrected chi connectivity index (χ0v) is 12.2. The van der Waals surface area contributed by atoms with Crippen LogP contribution in [0.1, 0.15) is 17.3 Å². The molecule has 2 aromatic carbocycles. The van der Waals surface area contributed by atoms with Crippen molar-refractivity contribution in [2.24, 2.45) is 0 Å². The SMILES string of the molecule is CC(=O)NCCNC(=O)c1cccc2cc(B(O)O)ccc12. The molecular weight excluding hydrogens is 283 g/mol. The highest BCUT2D eigenvalue weighted by Gasteiger charge is 2.14. The summed E-state index contributed by atoms with van der Waals surface area (Å²) in [4.78, 5) is 23.0. The maximum absolute atomic E-state index is 12.2. The van der Waals surface area contributed by atoms with E-state index in [1.54, 1.807) is 36.4 Å². The summed E-state index contributed by atoms with van der Waals surface area (Å²) >= 11 is 0. The average Bonchev–Trinajstić information content (AvgIpc) is 2.49. The second-order valence-electron chi connectivity index (χ2n) is 4.90. The summed E-state index contributed by atoms with van der Waals surface area (Å²) in [6.07, 6.45) is 0. The summed E-state index contributed by atoms with van der Waals surface area (Å²) in [5.41, 5.74) is 0.870. The molecule has 0 unspecified atom stereocenters. The third-order valence-corrected chi connectivity index (χ3v) is 3.23. The minimum atomic E-state index is -1.54. The molecular formula is C15H17BN2O4. The normalized spacial score (nSPS) is 10.3. The van der Waals surface area contributed by atoms with Crippen molar-refractivity contribution in [2.45, 2.75) is 6.92 Å². The lowest BCUT2D eigenvalue weighted by molar-refractivity contribution is -0.118. The highest BCUT2D eigenvalue weighted by molar-refractivity contribution is 6.58. The summed E-state index contributed by atoms with van der Waals surface area (Å²) in [5.74, 6) is -0.386. The first kappa shape index (κ1) is 16.0. The molecule has 0 heterocycles. The summed E-state index contributed by atoms with van der Waals surface area (Å²) in [6, 6.07) is 10.1. The van der Waals surface area contributed by atoms with Crippen molar-refractivity contribution in [1.82, 2.24) is 10.6 Å². The molecule has 4 N–H and O–H groups in total. The highest BCUT2D eigenvalue weighted by atomic mass is 16.4. The van der Waals surface area contributed by atoms with Crippen molar-refractivity contribution < 1.29 is 19.6 Å². The monoisotopic (exact) mass is 300 g/mol. The summed E-state index contributed by atoms with van der Waals surface area (Å²) in [5, 5.41) is 25.2. The predicted octanol–water partition coefficient (Wildman–Crippen LogP) is -0.615. The van der Waals surface area contributed by atoms with Crippen LogP contribution >= 0.6 is 0 Å². The number of fused-ring (bicyclic) bond motifs is 1. The van der Waals surface area contributed by atoms with Gasteiger partial charge in [-0.15, -0.1) is 0 Å². The lowest BCUT2D eigenvalue weighted by atomic mass is 9.79. The number of hydrogen-bond acceptors (Lipinski definition) is 4. The second kappa shape index (κ2) is 7.06. The van der Waals surface area contributed by atoms with Gasteiger partial charge in [0.05, 0.1) is 0 Å². The Morgan fingerprint density at radius 2 is 1.82 bits per heavy atom. The van der Waals surface area contributed by atoms with Crippen LogP contribution in [-0.4, -0.2) is 42.1 Å². The van der Waals surface area contributed by atoms with E-state index in [0.717, 1.165) is 10.8 Å². The Balaban J connectivity index is 2.17. The molecule has 2 aromatic rings. The van der Waals surface area contributed by atoms with Crippen LogP contribution < -0.4 is 16.1 Å². The Kier molecular flexibility index (Phi) is 5.14. The van der Waals surface area contributed by atoms with E-state index in [1.165, 1.54) is 6.92 Å². The van der Waals surface area contributed by atoms with E-state index >= 15 is 0 Å². The van der Waals surface area contributed by atoms with Crippen LogP contribution in [0.4, 0.5) is 0 Å². The Morgan fingerprint density at radius 3 is 2.50 bits per heavy atom. The third-order valence-electron chi connectivity index (χ3n) is 3.23. The van der Waals surface area contributed by atoms with Gasteiger partial charge < -0.3 is 20.7 Å². The number of carbonyl (C=O) groups is 2. The van der Waals surface area contributed by atoms with Crippen molar-refractivity contribution in [3.63, 3.8) is 0 Å². The van der Waals surface area contributed by atoms with Gasteiger partial charge in [0.25, 0.3) is 5.91 Å². The van der Waals surface area contributed by atoms with Crippen LogP contribution in [0, 0.1) is 0 Å². The lowest BCUT2D eigenvalue weighted by Crippen LogP contribution is -2.33. The quantitative estimate of drug-likeness (QED) is 0.437. The Labute approximate surface area is 128 Å². The molecule has 0 atom stereocenters. The van der Waals surface area contributed by atoms with Crippen LogP contribution in [0.15, 0.2) is 36.4 Å². The van der Waals surface area contributed by atoms with E-state index in [4.69, 9.17) is 0 Å². The predicted molar refractivity (Wildman–Crippen MR) is 84.8 cm³/mol. The van der Waals surface area contributed by atoms with E-state index < -0.39 is 7.12 Å². The molecule has 0 aliphatic rings. The van der Waals surface area contributed by atoms with Crippen molar-refractivity contribution in [3.05, 3.63) is 42.0 Å². The fraction of sp³-hybridized carbons (Fsp3) is 0.200. The first-order valence-corrected chi connectivity index (χ1v) is 6.90. The van der Waals surface area contributed by atoms with Gasteiger partial charge in [0.1, 0.15) is 0 Å². The van der Waals surface area contributed by atoms with Crippen LogP contribution in [0.2, 0.25) is 0 Å². The number of benzene rings is 2. The second-order valence-corrected chi connectivity index (χ2v) is 4.90. The topological polar surface area (TPSA) is 98.7 Å². The molecule has 0 spiro atoms. The van der Waals surface area contributed by atoms with Gasteiger partial charge in [-0.05, 0) is 22.3 Å². The fourth-order valence-corrected chi connectivity index (χ4v) is 2.17. The fourth-order valence-electron chi connectivity index (χ4n) is 2.17. The van der Waals surface area contributed by atoms with E-state index in [2.05, 4.69) is 10.6 Å². The lowest BCUT2D eigenvalue weighted by Gasteiger charge is -2.09. The highest BCUT2D eigenvalue weighted by Crippen LogP contribution is 2.17. The van der Waals surface area contributed by atoms with E-state index in [9.17, 15) is 19.6 Å². The molecule has 114 valence electrons. The van der Waals surface area contributed by atoms with Gasteiger partial charge in [0.15, 0.2) is 0 Å². The van der Waals surface area contributed by atoms with Crippen LogP contribution in [0.25, 0.3) is 10.8 Å². The third kappa shape index (κ3) is 3.84. The molecule has 0 fully saturated rings. The van der Waals surface area contributed by atoms with E-state index in [-0.39, 0.29) is 11.8 Å². The first-order chi connectivity index (χ1) is 10.5. The Hall–Kier alpha value is -2.38. The van der Waals surface area contributed by atoms with Crippen molar-refractivity contribution in [2.75, 3.05) is 13.1 Å². The van der Waals surface area contributed by atoms with Gasteiger partial charge in [0.2, 0.25) is 5.91 Å². The van der Waals surface area contributed by atoms with Crippen molar-refractivity contribution in [3.8, 4) is 0 Å². The molecule has 0 bridgehead atoms. The molecule has 0 aliphatic carbocycles. The van der Waals surface area contributed by atoms with Crippen molar-refractivity contribution in [1.29, 1.82) is 0 Å². The molecule has 2 amide bonds. The minimum Gasteiger partial charge on any atom is -0.423 e. The molecule has 0 saturated carbocycles. The van der Waals surface area contributed by atoms with Gasteiger partial charge in [-0.25, -0.2) is 0 Å². The average molecular weight is 300 g/mol. The standard InChI is InChI=1S/C15H17BN2O4/c1-10(19)17-7-8-18-15(20)14-4-2-3-11-9-12(16(21)22)5-6-13(11)14/h2-6,9,21-22H,7-8H2,1H3,(H,17,19)(H,18,20). The molecule has 0 radical (unpaired) electrons. The van der Waals surface area contributed by atoms with Crippen LogP contribution in [-0.2, 0) is 4.79 Å². The number of amides is 2. The first-order valence-electron chi connectivity index (χ1n) is 6.90. The molecule has 6 nitrogen and oxygen atoms in total. The zero-order valence-electron chi connectivity index (χ0n) is 12.2. The number of rotatable bonds is 5. The summed E-state index contributed by atoms with van der Waals surface area (Å²) in [6.45, 7) is 2.12. The molecule has 7 heteroatoms. The van der Waals surface area contributed by atoms with Crippen LogP contribution in [0.5, 0.6) is 0 Å². The Morgan fingerprint density at radius 1 is 1.09 bits per heavy atom. The maximum Gasteiger partial charge on any atom is 0.488 e. The number of nitrogens with one attached hydrogen (secondary N) is 2. The van der Waals surface area contributed by atoms with Gasteiger partial charge in [-0.3, -0.25) is 9.59 Å². The molecule has 0 aliphatic heterocycles. The van der Waals surface area contributed by atoms with Gasteiger partial charge >= 0.3 is 7.12 Å². The molecule has 2 rings (SSSR count). The van der Waals surface area contributed by atoms with Crippen LogP contribution in [0.3, 0.4) is 0 Å². The van der Waals surface area contributed by atoms with Gasteiger partial charge in [0, 0.05) is 25.6 Å². The Bertz CT molecular complexity index is 703. The molecule has 22 heavy (non-hydrogen) atoms. The number of hydrogen-bond donors (Lipinski definition) is 4. The summed E-state index contributed by atoms with van der Waals surface area (Å²) < 4.78 is 0. The largest absolute Gasteiger partial charge is 0.488 e. The van der Waals surface area contributed by atoms with Gasteiger partial charge in [-0.2, -0.15) is 0 Å². The van der Waals surface area contributed by atoms with Gasteiger partial charge in [-0.1, -0.05) is 30.3 Å². The minimum absolute atomic E-state index is 0.144. The molecule has 0 aromatic heterocycles. The summed E-state index contributed by atoms with van der Waals surface area (Å²) in [7, 11) is -1.54. The van der Waals surface area contributed by atoms with E-state index in [0.29, 0.717) is 24.1 Å². The number of carbonyl (C=O) groups excluding carboxylic acids is 2. The zero-order chi connectivity index (χ0) is 16.1. The smallest absolute Gasteiger partial charge is 0.423 e. The maximum atomic E-state index is 12.2.